The average molecular weight is 163 g/mol. The van der Waals surface area contributed by atoms with Gasteiger partial charge in [0.05, 0.1) is 5.56 Å². The average Bonchev–Trinajstić information content (AvgIpc) is 2.07. The number of nitrogens with zero attached hydrogens (tertiary/aromatic N) is 1. The quantitative estimate of drug-likeness (QED) is 0.420. The van der Waals surface area contributed by atoms with Crippen molar-refractivity contribution in [2.24, 2.45) is 0 Å². The van der Waals surface area contributed by atoms with Crippen LogP contribution in [0.4, 0.5) is 0 Å². The Morgan fingerprint density at radius 2 is 2.25 bits per heavy atom. The lowest BCUT2D eigenvalue weighted by Crippen LogP contribution is -2.35. The summed E-state index contributed by atoms with van der Waals surface area (Å²) in [6, 6.07) is 3.35. The van der Waals surface area contributed by atoms with Crippen molar-refractivity contribution in [3.05, 3.63) is 34.8 Å². The zero-order chi connectivity index (χ0) is 8.55. The predicted octanol–water partition coefficient (Wildman–Crippen LogP) is 0.839. The molecule has 0 aliphatic heterocycles. The molecule has 0 N–H and O–H groups in total. The van der Waals surface area contributed by atoms with Gasteiger partial charge in [-0.3, -0.25) is 4.79 Å². The van der Waals surface area contributed by atoms with Crippen LogP contribution in [0.1, 0.15) is 28.9 Å². The molecule has 3 heteroatoms. The fourth-order valence-electron chi connectivity index (χ4n) is 1.57. The summed E-state index contributed by atoms with van der Waals surface area (Å²) in [5, 5.41) is 11.2. The predicted molar refractivity (Wildman–Crippen MR) is 42.7 cm³/mol. The van der Waals surface area contributed by atoms with Gasteiger partial charge in [-0.05, 0) is 12.5 Å². The van der Waals surface area contributed by atoms with Crippen LogP contribution in [-0.4, -0.2) is 5.78 Å². The Morgan fingerprint density at radius 1 is 1.42 bits per heavy atom. The second-order valence-corrected chi connectivity index (χ2v) is 2.97. The maximum Gasteiger partial charge on any atom is 0.203 e. The number of ketones is 1. The summed E-state index contributed by atoms with van der Waals surface area (Å²) in [4.78, 5) is 11.3. The highest BCUT2D eigenvalue weighted by Gasteiger charge is 2.22. The molecule has 0 aromatic carbocycles. The van der Waals surface area contributed by atoms with E-state index in [0.717, 1.165) is 17.6 Å². The van der Waals surface area contributed by atoms with Gasteiger partial charge in [0.2, 0.25) is 5.69 Å². The van der Waals surface area contributed by atoms with Gasteiger partial charge in [-0.2, -0.15) is 4.73 Å². The van der Waals surface area contributed by atoms with E-state index in [-0.39, 0.29) is 5.78 Å². The van der Waals surface area contributed by atoms with Gasteiger partial charge in [-0.1, -0.05) is 0 Å². The van der Waals surface area contributed by atoms with Crippen LogP contribution in [-0.2, 0) is 6.42 Å². The number of carbonyl (C=O) groups is 1. The summed E-state index contributed by atoms with van der Waals surface area (Å²) in [5.74, 6) is 0.0986. The number of pyridine rings is 1. The Hall–Kier alpha value is -1.38. The van der Waals surface area contributed by atoms with Gasteiger partial charge in [0.15, 0.2) is 12.0 Å². The molecule has 2 rings (SSSR count). The van der Waals surface area contributed by atoms with E-state index < -0.39 is 0 Å². The van der Waals surface area contributed by atoms with E-state index in [4.69, 9.17) is 0 Å². The summed E-state index contributed by atoms with van der Waals surface area (Å²) >= 11 is 0. The minimum atomic E-state index is 0.0986. The molecule has 0 spiro atoms. The zero-order valence-electron chi connectivity index (χ0n) is 6.62. The van der Waals surface area contributed by atoms with Gasteiger partial charge in [0.25, 0.3) is 0 Å². The van der Waals surface area contributed by atoms with Crippen molar-refractivity contribution in [2.45, 2.75) is 19.3 Å². The Labute approximate surface area is 70.2 Å². The van der Waals surface area contributed by atoms with Crippen LogP contribution in [0.15, 0.2) is 18.3 Å². The van der Waals surface area contributed by atoms with Gasteiger partial charge in [-0.25, -0.2) is 0 Å². The first-order valence-corrected chi connectivity index (χ1v) is 4.03. The van der Waals surface area contributed by atoms with Gasteiger partial charge in [0, 0.05) is 18.9 Å². The van der Waals surface area contributed by atoms with E-state index in [1.807, 2.05) is 0 Å². The monoisotopic (exact) mass is 163 g/mol. The van der Waals surface area contributed by atoms with Crippen LogP contribution in [0.25, 0.3) is 0 Å². The van der Waals surface area contributed by atoms with Crippen molar-refractivity contribution in [3.63, 3.8) is 0 Å². The highest BCUT2D eigenvalue weighted by molar-refractivity contribution is 5.97. The van der Waals surface area contributed by atoms with Crippen molar-refractivity contribution in [2.75, 3.05) is 0 Å². The third-order valence-electron chi connectivity index (χ3n) is 2.18. The molecule has 1 heterocycles. The Morgan fingerprint density at radius 3 is 3.00 bits per heavy atom. The summed E-state index contributed by atoms with van der Waals surface area (Å²) in [7, 11) is 0. The van der Waals surface area contributed by atoms with Gasteiger partial charge >= 0.3 is 0 Å². The van der Waals surface area contributed by atoms with Crippen LogP contribution in [0, 0.1) is 5.21 Å². The van der Waals surface area contributed by atoms with Crippen molar-refractivity contribution in [1.29, 1.82) is 0 Å². The molecule has 1 aliphatic rings. The molecule has 0 atom stereocenters. The maximum absolute atomic E-state index is 11.3. The van der Waals surface area contributed by atoms with E-state index in [0.29, 0.717) is 17.7 Å². The largest absolute Gasteiger partial charge is 0.618 e. The number of Topliss-reactive ketones (excluding diaryl/α,β-unsaturated/α-hetero) is 1. The van der Waals surface area contributed by atoms with Crippen LogP contribution in [0.5, 0.6) is 0 Å². The summed E-state index contributed by atoms with van der Waals surface area (Å²) in [6.45, 7) is 0. The first-order chi connectivity index (χ1) is 5.79. The molecule has 0 bridgehead atoms. The third-order valence-corrected chi connectivity index (χ3v) is 2.18. The van der Waals surface area contributed by atoms with Crippen molar-refractivity contribution in [3.8, 4) is 0 Å². The van der Waals surface area contributed by atoms with Gasteiger partial charge in [0.1, 0.15) is 0 Å². The first-order valence-electron chi connectivity index (χ1n) is 4.03. The number of carbonyl (C=O) groups excluding carboxylic acids is 1. The summed E-state index contributed by atoms with van der Waals surface area (Å²) < 4.78 is 0.798. The lowest BCUT2D eigenvalue weighted by molar-refractivity contribution is -0.614. The Bertz CT molecular complexity index is 333. The lowest BCUT2D eigenvalue weighted by atomic mass is 9.95. The number of rotatable bonds is 0. The highest BCUT2D eigenvalue weighted by Crippen LogP contribution is 2.16. The number of hydrogen-bond acceptors (Lipinski definition) is 2. The molecule has 62 valence electrons. The molecule has 0 fully saturated rings. The van der Waals surface area contributed by atoms with E-state index in [1.165, 1.54) is 6.20 Å². The molecule has 0 unspecified atom stereocenters. The number of fused-ring (bicyclic) bond motifs is 1. The Kier molecular flexibility index (Phi) is 1.57. The normalized spacial score (nSPS) is 15.8. The van der Waals surface area contributed by atoms with E-state index in [9.17, 15) is 10.0 Å². The van der Waals surface area contributed by atoms with E-state index in [1.54, 1.807) is 12.1 Å². The van der Waals surface area contributed by atoms with Crippen molar-refractivity contribution in [1.82, 2.24) is 0 Å². The molecule has 0 saturated carbocycles. The maximum atomic E-state index is 11.3. The SMILES string of the molecule is O=C1CCCc2c1ccc[n+]2[O-]. The standard InChI is InChI=1S/C9H9NO2/c11-9-5-1-4-8-7(9)3-2-6-10(8)12/h2-3,6H,1,4-5H2. The van der Waals surface area contributed by atoms with Crippen LogP contribution < -0.4 is 4.73 Å². The molecule has 0 amide bonds. The Balaban J connectivity index is 2.59. The zero-order valence-corrected chi connectivity index (χ0v) is 6.62. The van der Waals surface area contributed by atoms with Gasteiger partial charge in [-0.15, -0.1) is 0 Å². The van der Waals surface area contributed by atoms with Gasteiger partial charge < -0.3 is 5.21 Å². The van der Waals surface area contributed by atoms with E-state index in [2.05, 4.69) is 0 Å². The molecule has 0 saturated heterocycles. The third kappa shape index (κ3) is 0.978. The van der Waals surface area contributed by atoms with Crippen LogP contribution in [0.2, 0.25) is 0 Å². The van der Waals surface area contributed by atoms with E-state index >= 15 is 0 Å². The highest BCUT2D eigenvalue weighted by atomic mass is 16.5. The second-order valence-electron chi connectivity index (χ2n) is 2.97. The lowest BCUT2D eigenvalue weighted by Gasteiger charge is -2.12. The first kappa shape index (κ1) is 7.28. The molecule has 3 nitrogen and oxygen atoms in total. The molecular weight excluding hydrogens is 154 g/mol. The van der Waals surface area contributed by atoms with Crippen molar-refractivity contribution < 1.29 is 9.52 Å². The summed E-state index contributed by atoms with van der Waals surface area (Å²) in [5.41, 5.74) is 1.24. The minimum Gasteiger partial charge on any atom is -0.618 e. The molecule has 1 aromatic rings. The molecular formula is C9H9NO2. The fourth-order valence-corrected chi connectivity index (χ4v) is 1.57. The topological polar surface area (TPSA) is 44.0 Å². The second kappa shape index (κ2) is 2.59. The fraction of sp³-hybridized carbons (Fsp3) is 0.333. The molecule has 12 heavy (non-hydrogen) atoms. The number of aromatic nitrogens is 1. The van der Waals surface area contributed by atoms with Crippen LogP contribution >= 0.6 is 0 Å². The summed E-state index contributed by atoms with van der Waals surface area (Å²) in [6.07, 6.45) is 3.55. The van der Waals surface area contributed by atoms with Crippen LogP contribution in [0.3, 0.4) is 0 Å². The van der Waals surface area contributed by atoms with Crippen molar-refractivity contribution >= 4 is 5.78 Å². The molecule has 0 radical (unpaired) electrons. The minimum absolute atomic E-state index is 0.0986. The molecule has 1 aromatic heterocycles. The molecule has 1 aliphatic carbocycles. The number of hydrogen-bond donors (Lipinski definition) is 0. The smallest absolute Gasteiger partial charge is 0.203 e.